The summed E-state index contributed by atoms with van der Waals surface area (Å²) in [4.78, 5) is 24.4. The maximum absolute atomic E-state index is 12.0. The van der Waals surface area contributed by atoms with Crippen molar-refractivity contribution in [2.75, 3.05) is 20.3 Å². The first-order chi connectivity index (χ1) is 8.47. The first-order valence-electron chi connectivity index (χ1n) is 6.26. The van der Waals surface area contributed by atoms with Crippen LogP contribution in [0.2, 0.25) is 0 Å². The molecule has 2 unspecified atom stereocenters. The number of hydrogen-bond acceptors (Lipinski definition) is 3. The molecule has 0 aliphatic heterocycles. The lowest BCUT2D eigenvalue weighted by molar-refractivity contribution is -0.138. The van der Waals surface area contributed by atoms with Crippen LogP contribution in [0.25, 0.3) is 0 Å². The van der Waals surface area contributed by atoms with E-state index in [9.17, 15) is 9.59 Å². The number of aliphatic carboxylic acids is 1. The van der Waals surface area contributed by atoms with Crippen molar-refractivity contribution >= 4 is 12.0 Å². The zero-order valence-electron chi connectivity index (χ0n) is 11.2. The summed E-state index contributed by atoms with van der Waals surface area (Å²) in [6.45, 7) is 4.38. The lowest BCUT2D eigenvalue weighted by atomic mass is 10.2. The molecule has 1 aliphatic rings. The fraction of sp³-hybridized carbons (Fsp3) is 0.833. The Morgan fingerprint density at radius 1 is 1.44 bits per heavy atom. The Kier molecular flexibility index (Phi) is 5.40. The fourth-order valence-corrected chi connectivity index (χ4v) is 1.84. The van der Waals surface area contributed by atoms with E-state index in [1.807, 2.05) is 6.92 Å². The van der Waals surface area contributed by atoms with Crippen LogP contribution in [-0.2, 0) is 9.53 Å². The van der Waals surface area contributed by atoms with Gasteiger partial charge in [0, 0.05) is 19.7 Å². The smallest absolute Gasteiger partial charge is 0.325 e. The summed E-state index contributed by atoms with van der Waals surface area (Å²) >= 11 is 0. The van der Waals surface area contributed by atoms with Gasteiger partial charge in [-0.2, -0.15) is 0 Å². The van der Waals surface area contributed by atoms with E-state index < -0.39 is 12.0 Å². The molecule has 104 valence electrons. The molecule has 2 atom stereocenters. The van der Waals surface area contributed by atoms with Crippen LogP contribution in [0.4, 0.5) is 4.79 Å². The summed E-state index contributed by atoms with van der Waals surface area (Å²) in [5, 5.41) is 11.3. The van der Waals surface area contributed by atoms with Crippen LogP contribution in [0, 0.1) is 5.92 Å². The molecule has 1 saturated carbocycles. The van der Waals surface area contributed by atoms with Crippen LogP contribution in [-0.4, -0.2) is 54.4 Å². The van der Waals surface area contributed by atoms with E-state index in [0.29, 0.717) is 19.1 Å². The van der Waals surface area contributed by atoms with Crippen LogP contribution in [0.3, 0.4) is 0 Å². The molecule has 18 heavy (non-hydrogen) atoms. The number of carboxylic acid groups (broad SMARTS) is 1. The molecule has 0 spiro atoms. The number of carbonyl (C=O) groups excluding carboxylic acids is 1. The van der Waals surface area contributed by atoms with Crippen molar-refractivity contribution in [2.45, 2.75) is 38.8 Å². The second-order valence-electron chi connectivity index (χ2n) is 4.77. The topological polar surface area (TPSA) is 78.9 Å². The molecule has 2 N–H and O–H groups in total. The van der Waals surface area contributed by atoms with E-state index in [4.69, 9.17) is 9.84 Å². The van der Waals surface area contributed by atoms with Crippen LogP contribution >= 0.6 is 0 Å². The minimum absolute atomic E-state index is 0.126. The van der Waals surface area contributed by atoms with Crippen LogP contribution in [0.15, 0.2) is 0 Å². The highest BCUT2D eigenvalue weighted by Gasteiger charge is 2.34. The molecule has 0 heterocycles. The van der Waals surface area contributed by atoms with E-state index in [0.717, 1.165) is 12.8 Å². The molecule has 0 radical (unpaired) electrons. The van der Waals surface area contributed by atoms with E-state index >= 15 is 0 Å². The Morgan fingerprint density at radius 2 is 2.06 bits per heavy atom. The Balaban J connectivity index is 2.56. The number of urea groups is 1. The highest BCUT2D eigenvalue weighted by atomic mass is 16.5. The average Bonchev–Trinajstić information content (AvgIpc) is 3.12. The molecular formula is C12H22N2O4. The molecule has 2 amide bonds. The normalized spacial score (nSPS) is 17.9. The van der Waals surface area contributed by atoms with Gasteiger partial charge in [0.05, 0.1) is 6.61 Å². The Bertz CT molecular complexity index is 304. The Hall–Kier alpha value is -1.30. The third-order valence-electron chi connectivity index (χ3n) is 3.30. The van der Waals surface area contributed by atoms with Gasteiger partial charge in [0.25, 0.3) is 0 Å². The van der Waals surface area contributed by atoms with Crippen LogP contribution in [0.5, 0.6) is 0 Å². The lowest BCUT2D eigenvalue weighted by Gasteiger charge is -2.30. The maximum atomic E-state index is 12.0. The first kappa shape index (κ1) is 14.8. The summed E-state index contributed by atoms with van der Waals surface area (Å²) in [7, 11) is 1.58. The molecule has 1 aliphatic carbocycles. The minimum atomic E-state index is -1.03. The molecule has 0 aromatic carbocycles. The number of nitrogens with one attached hydrogen (secondary N) is 1. The third-order valence-corrected chi connectivity index (χ3v) is 3.30. The van der Waals surface area contributed by atoms with Gasteiger partial charge in [-0.15, -0.1) is 0 Å². The number of carboxylic acids is 1. The van der Waals surface area contributed by atoms with Gasteiger partial charge in [0.2, 0.25) is 0 Å². The predicted molar refractivity (Wildman–Crippen MR) is 66.4 cm³/mol. The van der Waals surface area contributed by atoms with Gasteiger partial charge in [-0.3, -0.25) is 4.79 Å². The summed E-state index contributed by atoms with van der Waals surface area (Å²) in [5.74, 6) is -0.498. The molecule has 0 aromatic rings. The van der Waals surface area contributed by atoms with Crippen molar-refractivity contribution in [3.8, 4) is 0 Å². The predicted octanol–water partition coefficient (Wildman–Crippen LogP) is 0.916. The van der Waals surface area contributed by atoms with Gasteiger partial charge in [-0.05, 0) is 32.6 Å². The van der Waals surface area contributed by atoms with Crippen molar-refractivity contribution in [3.05, 3.63) is 0 Å². The SMILES string of the molecule is COCCN(C(=O)NC(C)C(=O)O)C(C)C1CC1. The fourth-order valence-electron chi connectivity index (χ4n) is 1.84. The van der Waals surface area contributed by atoms with Gasteiger partial charge < -0.3 is 20.1 Å². The number of ether oxygens (including phenoxy) is 1. The standard InChI is InChI=1S/C12H22N2O4/c1-8(11(15)16)13-12(17)14(6-7-18-3)9(2)10-4-5-10/h8-10H,4-7H2,1-3H3,(H,13,17)(H,15,16). The maximum Gasteiger partial charge on any atom is 0.325 e. The first-order valence-corrected chi connectivity index (χ1v) is 6.26. The van der Waals surface area contributed by atoms with Crippen LogP contribution in [0.1, 0.15) is 26.7 Å². The zero-order chi connectivity index (χ0) is 13.7. The Labute approximate surface area is 107 Å². The molecule has 0 aromatic heterocycles. The molecule has 0 bridgehead atoms. The monoisotopic (exact) mass is 258 g/mol. The minimum Gasteiger partial charge on any atom is -0.480 e. The van der Waals surface area contributed by atoms with Gasteiger partial charge in [0.15, 0.2) is 0 Å². The third kappa shape index (κ3) is 4.18. The molecule has 1 rings (SSSR count). The van der Waals surface area contributed by atoms with Gasteiger partial charge >= 0.3 is 12.0 Å². The number of nitrogens with zero attached hydrogens (tertiary/aromatic N) is 1. The van der Waals surface area contributed by atoms with E-state index in [-0.39, 0.29) is 12.1 Å². The van der Waals surface area contributed by atoms with Crippen molar-refractivity contribution in [1.29, 1.82) is 0 Å². The second kappa shape index (κ2) is 6.58. The van der Waals surface area contributed by atoms with Crippen LogP contribution < -0.4 is 5.32 Å². The lowest BCUT2D eigenvalue weighted by Crippen LogP contribution is -2.51. The van der Waals surface area contributed by atoms with E-state index in [1.54, 1.807) is 12.0 Å². The zero-order valence-corrected chi connectivity index (χ0v) is 11.2. The largest absolute Gasteiger partial charge is 0.480 e. The Morgan fingerprint density at radius 3 is 2.50 bits per heavy atom. The molecular weight excluding hydrogens is 236 g/mol. The van der Waals surface area contributed by atoms with E-state index in [2.05, 4.69) is 5.32 Å². The number of amides is 2. The molecule has 0 saturated heterocycles. The average molecular weight is 258 g/mol. The number of carbonyl (C=O) groups is 2. The van der Waals surface area contributed by atoms with Crippen molar-refractivity contribution in [3.63, 3.8) is 0 Å². The van der Waals surface area contributed by atoms with Crippen molar-refractivity contribution < 1.29 is 19.4 Å². The summed E-state index contributed by atoms with van der Waals surface area (Å²) in [5.41, 5.74) is 0. The van der Waals surface area contributed by atoms with E-state index in [1.165, 1.54) is 6.92 Å². The summed E-state index contributed by atoms with van der Waals surface area (Å²) in [6, 6.07) is -1.09. The van der Waals surface area contributed by atoms with Crippen molar-refractivity contribution in [1.82, 2.24) is 10.2 Å². The van der Waals surface area contributed by atoms with Gasteiger partial charge in [-0.1, -0.05) is 0 Å². The quantitative estimate of drug-likeness (QED) is 0.711. The van der Waals surface area contributed by atoms with Gasteiger partial charge in [-0.25, -0.2) is 4.79 Å². The molecule has 6 heteroatoms. The highest BCUT2D eigenvalue weighted by Crippen LogP contribution is 2.35. The summed E-state index contributed by atoms with van der Waals surface area (Å²) < 4.78 is 4.99. The second-order valence-corrected chi connectivity index (χ2v) is 4.77. The highest BCUT2D eigenvalue weighted by molar-refractivity contribution is 5.82. The number of hydrogen-bond donors (Lipinski definition) is 2. The number of rotatable bonds is 7. The number of methoxy groups -OCH3 is 1. The summed E-state index contributed by atoms with van der Waals surface area (Å²) in [6.07, 6.45) is 2.26. The van der Waals surface area contributed by atoms with Gasteiger partial charge in [0.1, 0.15) is 6.04 Å². The molecule has 6 nitrogen and oxygen atoms in total. The molecule has 1 fully saturated rings. The van der Waals surface area contributed by atoms with Crippen molar-refractivity contribution in [2.24, 2.45) is 5.92 Å².